The maximum absolute atomic E-state index is 12.0. The fourth-order valence-electron chi connectivity index (χ4n) is 1.96. The molecule has 5 heteroatoms. The largest absolute Gasteiger partial charge is 0.349 e. The minimum atomic E-state index is -0.254. The smallest absolute Gasteiger partial charge is 0.227 e. The van der Waals surface area contributed by atoms with E-state index in [1.807, 2.05) is 12.3 Å². The van der Waals surface area contributed by atoms with E-state index in [9.17, 15) is 4.79 Å². The number of thiazole rings is 1. The molecule has 1 saturated heterocycles. The van der Waals surface area contributed by atoms with E-state index in [4.69, 9.17) is 0 Å². The van der Waals surface area contributed by atoms with Crippen LogP contribution < -0.4 is 10.6 Å². The maximum Gasteiger partial charge on any atom is 0.227 e. The summed E-state index contributed by atoms with van der Waals surface area (Å²) in [7, 11) is 0. The number of aromatic nitrogens is 1. The Bertz CT molecular complexity index is 344. The molecule has 1 aromatic heterocycles. The predicted octanol–water partition coefficient (Wildman–Crippen LogP) is 1.15. The lowest BCUT2D eigenvalue weighted by Gasteiger charge is -2.32. The number of hydrogen-bond donors (Lipinski definition) is 2. The van der Waals surface area contributed by atoms with Crippen molar-refractivity contribution in [3.8, 4) is 0 Å². The van der Waals surface area contributed by atoms with Gasteiger partial charge in [0.2, 0.25) is 5.91 Å². The van der Waals surface area contributed by atoms with Gasteiger partial charge in [0.1, 0.15) is 5.01 Å². The first kappa shape index (κ1) is 11.5. The average molecular weight is 239 g/mol. The Morgan fingerprint density at radius 3 is 3.25 bits per heavy atom. The van der Waals surface area contributed by atoms with Crippen LogP contribution in [0.3, 0.4) is 0 Å². The van der Waals surface area contributed by atoms with Gasteiger partial charge in [-0.15, -0.1) is 11.3 Å². The van der Waals surface area contributed by atoms with Gasteiger partial charge in [-0.25, -0.2) is 4.98 Å². The number of nitrogens with zero attached hydrogens (tertiary/aromatic N) is 1. The lowest BCUT2D eigenvalue weighted by atomic mass is 9.82. The Hall–Kier alpha value is -0.940. The van der Waals surface area contributed by atoms with Crippen LogP contribution in [0.2, 0.25) is 0 Å². The molecule has 1 aromatic rings. The lowest BCUT2D eigenvalue weighted by molar-refractivity contribution is -0.131. The van der Waals surface area contributed by atoms with E-state index in [2.05, 4.69) is 15.6 Å². The van der Waals surface area contributed by atoms with Crippen molar-refractivity contribution in [3.63, 3.8) is 0 Å². The molecule has 1 fully saturated rings. The highest BCUT2D eigenvalue weighted by molar-refractivity contribution is 7.09. The minimum absolute atomic E-state index is 0.134. The van der Waals surface area contributed by atoms with Crippen LogP contribution in [0.4, 0.5) is 0 Å². The van der Waals surface area contributed by atoms with E-state index in [-0.39, 0.29) is 11.3 Å². The van der Waals surface area contributed by atoms with Crippen molar-refractivity contribution in [2.24, 2.45) is 5.41 Å². The minimum Gasteiger partial charge on any atom is -0.349 e. The van der Waals surface area contributed by atoms with E-state index < -0.39 is 0 Å². The second-order valence-corrected chi connectivity index (χ2v) is 5.43. The van der Waals surface area contributed by atoms with Gasteiger partial charge in [-0.1, -0.05) is 0 Å². The third-order valence-corrected chi connectivity index (χ3v) is 3.81. The highest BCUT2D eigenvalue weighted by atomic mass is 32.1. The molecule has 0 radical (unpaired) electrons. The van der Waals surface area contributed by atoms with Crippen molar-refractivity contribution in [3.05, 3.63) is 16.6 Å². The maximum atomic E-state index is 12.0. The molecule has 1 aliphatic rings. The molecule has 16 heavy (non-hydrogen) atoms. The van der Waals surface area contributed by atoms with Crippen molar-refractivity contribution in [1.82, 2.24) is 15.6 Å². The first-order valence-corrected chi connectivity index (χ1v) is 6.46. The molecular formula is C11H17N3OS. The molecule has 0 bridgehead atoms. The summed E-state index contributed by atoms with van der Waals surface area (Å²) in [4.78, 5) is 16.2. The molecule has 1 atom stereocenters. The van der Waals surface area contributed by atoms with Crippen LogP contribution in [0, 0.1) is 5.41 Å². The standard InChI is InChI=1S/C11H17N3OS/c1-11(3-2-4-12-8-11)10(15)14-7-9-13-5-6-16-9/h5-6,12H,2-4,7-8H2,1H3,(H,14,15). The fourth-order valence-corrected chi connectivity index (χ4v) is 2.52. The molecule has 2 rings (SSSR count). The van der Waals surface area contributed by atoms with Crippen LogP contribution in [-0.4, -0.2) is 24.0 Å². The third-order valence-electron chi connectivity index (χ3n) is 3.03. The Morgan fingerprint density at radius 2 is 2.62 bits per heavy atom. The van der Waals surface area contributed by atoms with Gasteiger partial charge in [-0.05, 0) is 26.3 Å². The second kappa shape index (κ2) is 4.93. The van der Waals surface area contributed by atoms with Gasteiger partial charge in [0.15, 0.2) is 0 Å². The first-order chi connectivity index (χ1) is 7.71. The Balaban J connectivity index is 1.87. The van der Waals surface area contributed by atoms with Crippen molar-refractivity contribution in [2.45, 2.75) is 26.3 Å². The highest BCUT2D eigenvalue weighted by Gasteiger charge is 2.34. The molecule has 88 valence electrons. The molecule has 0 aromatic carbocycles. The average Bonchev–Trinajstić information content (AvgIpc) is 2.79. The molecule has 0 spiro atoms. The molecular weight excluding hydrogens is 222 g/mol. The molecule has 2 heterocycles. The number of carbonyl (C=O) groups is 1. The predicted molar refractivity (Wildman–Crippen MR) is 64.2 cm³/mol. The van der Waals surface area contributed by atoms with Crippen LogP contribution >= 0.6 is 11.3 Å². The summed E-state index contributed by atoms with van der Waals surface area (Å²) >= 11 is 1.57. The number of piperidine rings is 1. The van der Waals surface area contributed by atoms with Crippen molar-refractivity contribution < 1.29 is 4.79 Å². The fraction of sp³-hybridized carbons (Fsp3) is 0.636. The number of carbonyl (C=O) groups excluding carboxylic acids is 1. The van der Waals surface area contributed by atoms with Gasteiger partial charge in [0, 0.05) is 18.1 Å². The van der Waals surface area contributed by atoms with Crippen molar-refractivity contribution >= 4 is 17.2 Å². The van der Waals surface area contributed by atoms with Crippen molar-refractivity contribution in [2.75, 3.05) is 13.1 Å². The van der Waals surface area contributed by atoms with Crippen LogP contribution in [0.25, 0.3) is 0 Å². The van der Waals surface area contributed by atoms with E-state index in [1.54, 1.807) is 17.5 Å². The summed E-state index contributed by atoms with van der Waals surface area (Å²) in [5, 5.41) is 9.12. The summed E-state index contributed by atoms with van der Waals surface area (Å²) < 4.78 is 0. The van der Waals surface area contributed by atoms with Crippen LogP contribution in [0.15, 0.2) is 11.6 Å². The van der Waals surface area contributed by atoms with Crippen LogP contribution in [0.5, 0.6) is 0 Å². The number of rotatable bonds is 3. The van der Waals surface area contributed by atoms with Gasteiger partial charge < -0.3 is 10.6 Å². The molecule has 0 saturated carbocycles. The lowest BCUT2D eigenvalue weighted by Crippen LogP contribution is -2.48. The summed E-state index contributed by atoms with van der Waals surface area (Å²) in [6, 6.07) is 0. The van der Waals surface area contributed by atoms with Gasteiger partial charge >= 0.3 is 0 Å². The summed E-state index contributed by atoms with van der Waals surface area (Å²) in [6.45, 7) is 4.37. The molecule has 1 unspecified atom stereocenters. The monoisotopic (exact) mass is 239 g/mol. The Kier molecular flexibility index (Phi) is 3.56. The van der Waals surface area contributed by atoms with E-state index in [1.165, 1.54) is 0 Å². The van der Waals surface area contributed by atoms with Crippen LogP contribution in [-0.2, 0) is 11.3 Å². The summed E-state index contributed by atoms with van der Waals surface area (Å²) in [5.41, 5.74) is -0.254. The normalized spacial score (nSPS) is 25.3. The quantitative estimate of drug-likeness (QED) is 0.832. The Labute approximate surface area is 99.5 Å². The number of amides is 1. The molecule has 1 amide bonds. The van der Waals surface area contributed by atoms with E-state index >= 15 is 0 Å². The zero-order valence-electron chi connectivity index (χ0n) is 9.45. The molecule has 2 N–H and O–H groups in total. The Morgan fingerprint density at radius 1 is 1.75 bits per heavy atom. The summed E-state index contributed by atoms with van der Waals surface area (Å²) in [6.07, 6.45) is 3.79. The zero-order chi connectivity index (χ0) is 11.4. The van der Waals surface area contributed by atoms with Gasteiger partial charge in [0.25, 0.3) is 0 Å². The zero-order valence-corrected chi connectivity index (χ0v) is 10.3. The van der Waals surface area contributed by atoms with Crippen molar-refractivity contribution in [1.29, 1.82) is 0 Å². The summed E-state index contributed by atoms with van der Waals surface area (Å²) in [5.74, 6) is 0.134. The molecule has 4 nitrogen and oxygen atoms in total. The highest BCUT2D eigenvalue weighted by Crippen LogP contribution is 2.25. The topological polar surface area (TPSA) is 54.0 Å². The number of hydrogen-bond acceptors (Lipinski definition) is 4. The first-order valence-electron chi connectivity index (χ1n) is 5.58. The van der Waals surface area contributed by atoms with E-state index in [0.717, 1.165) is 30.9 Å². The second-order valence-electron chi connectivity index (χ2n) is 4.45. The number of nitrogens with one attached hydrogen (secondary N) is 2. The van der Waals surface area contributed by atoms with Gasteiger partial charge in [-0.2, -0.15) is 0 Å². The third kappa shape index (κ3) is 2.59. The van der Waals surface area contributed by atoms with Gasteiger partial charge in [-0.3, -0.25) is 4.79 Å². The molecule has 1 aliphatic heterocycles. The van der Waals surface area contributed by atoms with E-state index in [0.29, 0.717) is 6.54 Å². The SMILES string of the molecule is CC1(C(=O)NCc2nccs2)CCCNC1. The van der Waals surface area contributed by atoms with Crippen LogP contribution in [0.1, 0.15) is 24.8 Å². The molecule has 0 aliphatic carbocycles. The van der Waals surface area contributed by atoms with Gasteiger partial charge in [0.05, 0.1) is 12.0 Å².